The first-order valence-electron chi connectivity index (χ1n) is 3.42. The van der Waals surface area contributed by atoms with E-state index in [9.17, 15) is 4.79 Å². The Morgan fingerprint density at radius 3 is 2.82 bits per heavy atom. The van der Waals surface area contributed by atoms with Crippen molar-refractivity contribution in [3.05, 3.63) is 11.3 Å². The highest BCUT2D eigenvalue weighted by molar-refractivity contribution is 5.96. The van der Waals surface area contributed by atoms with Crippen molar-refractivity contribution < 1.29 is 4.79 Å². The standard InChI is InChI=1S/C7H9N3O/c8-4-5(7(9)11)6-2-1-3-10-6/h10H,1-3H2,(H2,9,11). The third-order valence-corrected chi connectivity index (χ3v) is 1.60. The Bertz CT molecular complexity index is 241. The first kappa shape index (κ1) is 7.61. The van der Waals surface area contributed by atoms with Gasteiger partial charge in [-0.05, 0) is 12.8 Å². The van der Waals surface area contributed by atoms with Crippen molar-refractivity contribution in [3.63, 3.8) is 0 Å². The van der Waals surface area contributed by atoms with Crippen LogP contribution in [0, 0.1) is 11.3 Å². The quantitative estimate of drug-likeness (QED) is 0.396. The van der Waals surface area contributed by atoms with Crippen LogP contribution in [0.15, 0.2) is 11.3 Å². The summed E-state index contributed by atoms with van der Waals surface area (Å²) < 4.78 is 0. The first-order valence-corrected chi connectivity index (χ1v) is 3.42. The Kier molecular flexibility index (Phi) is 2.12. The van der Waals surface area contributed by atoms with Crippen LogP contribution in [0.3, 0.4) is 0 Å². The molecule has 3 N–H and O–H groups in total. The molecule has 1 fully saturated rings. The topological polar surface area (TPSA) is 78.9 Å². The van der Waals surface area contributed by atoms with Gasteiger partial charge >= 0.3 is 0 Å². The van der Waals surface area contributed by atoms with Crippen LogP contribution in [-0.4, -0.2) is 12.5 Å². The molecular formula is C7H9N3O. The third-order valence-electron chi connectivity index (χ3n) is 1.60. The number of nitrogens with one attached hydrogen (secondary N) is 1. The summed E-state index contributed by atoms with van der Waals surface area (Å²) in [5, 5.41) is 11.5. The maximum absolute atomic E-state index is 10.6. The summed E-state index contributed by atoms with van der Waals surface area (Å²) in [7, 11) is 0. The van der Waals surface area contributed by atoms with E-state index >= 15 is 0 Å². The zero-order valence-corrected chi connectivity index (χ0v) is 6.05. The summed E-state index contributed by atoms with van der Waals surface area (Å²) in [5.74, 6) is -0.642. The molecule has 1 amide bonds. The molecule has 0 aromatic rings. The number of allylic oxidation sites excluding steroid dienone is 1. The maximum atomic E-state index is 10.6. The molecule has 0 aromatic heterocycles. The van der Waals surface area contributed by atoms with Crippen molar-refractivity contribution in [2.75, 3.05) is 6.54 Å². The van der Waals surface area contributed by atoms with Gasteiger partial charge in [0.2, 0.25) is 0 Å². The van der Waals surface area contributed by atoms with Gasteiger partial charge in [-0.2, -0.15) is 5.26 Å². The molecule has 4 heteroatoms. The van der Waals surface area contributed by atoms with E-state index in [0.29, 0.717) is 5.70 Å². The van der Waals surface area contributed by atoms with E-state index in [1.54, 1.807) is 6.07 Å². The second-order valence-electron chi connectivity index (χ2n) is 2.36. The molecule has 4 nitrogen and oxygen atoms in total. The van der Waals surface area contributed by atoms with Gasteiger partial charge in [0.25, 0.3) is 5.91 Å². The van der Waals surface area contributed by atoms with E-state index in [0.717, 1.165) is 19.4 Å². The summed E-state index contributed by atoms with van der Waals surface area (Å²) in [4.78, 5) is 10.6. The van der Waals surface area contributed by atoms with Crippen LogP contribution in [-0.2, 0) is 4.79 Å². The molecule has 0 bridgehead atoms. The Labute approximate surface area is 64.7 Å². The van der Waals surface area contributed by atoms with E-state index in [2.05, 4.69) is 5.32 Å². The van der Waals surface area contributed by atoms with Crippen molar-refractivity contribution in [3.8, 4) is 6.07 Å². The lowest BCUT2D eigenvalue weighted by Crippen LogP contribution is -2.18. The van der Waals surface area contributed by atoms with Crippen molar-refractivity contribution in [1.29, 1.82) is 5.26 Å². The van der Waals surface area contributed by atoms with Crippen molar-refractivity contribution in [1.82, 2.24) is 5.32 Å². The molecule has 0 atom stereocenters. The molecule has 1 rings (SSSR count). The number of nitriles is 1. The summed E-state index contributed by atoms with van der Waals surface area (Å²) in [6.45, 7) is 0.827. The Morgan fingerprint density at radius 2 is 2.45 bits per heavy atom. The van der Waals surface area contributed by atoms with Gasteiger partial charge in [0, 0.05) is 12.2 Å². The molecule has 1 heterocycles. The second-order valence-corrected chi connectivity index (χ2v) is 2.36. The van der Waals surface area contributed by atoms with Crippen LogP contribution in [0.4, 0.5) is 0 Å². The zero-order valence-electron chi connectivity index (χ0n) is 6.05. The fourth-order valence-corrected chi connectivity index (χ4v) is 1.08. The highest BCUT2D eigenvalue weighted by Gasteiger charge is 2.15. The van der Waals surface area contributed by atoms with Gasteiger partial charge in [-0.15, -0.1) is 0 Å². The molecule has 1 aliphatic heterocycles. The summed E-state index contributed by atoms with van der Waals surface area (Å²) in [5.41, 5.74) is 5.73. The Morgan fingerprint density at radius 1 is 1.73 bits per heavy atom. The lowest BCUT2D eigenvalue weighted by Gasteiger charge is -1.98. The minimum Gasteiger partial charge on any atom is -0.387 e. The predicted octanol–water partition coefficient (Wildman–Crippen LogP) is -0.367. The van der Waals surface area contributed by atoms with E-state index in [4.69, 9.17) is 11.0 Å². The third kappa shape index (κ3) is 1.49. The first-order chi connectivity index (χ1) is 5.25. The minimum atomic E-state index is -0.642. The number of nitrogens with zero attached hydrogens (tertiary/aromatic N) is 1. The average molecular weight is 151 g/mol. The molecule has 1 aliphatic rings. The predicted molar refractivity (Wildman–Crippen MR) is 39.1 cm³/mol. The SMILES string of the molecule is N#CC(C(N)=O)=C1CCCN1. The van der Waals surface area contributed by atoms with Crippen LogP contribution in [0.25, 0.3) is 0 Å². The van der Waals surface area contributed by atoms with Crippen LogP contribution in [0.5, 0.6) is 0 Å². The number of carbonyl (C=O) groups is 1. The molecule has 1 saturated heterocycles. The van der Waals surface area contributed by atoms with Crippen LogP contribution >= 0.6 is 0 Å². The number of hydrogen-bond acceptors (Lipinski definition) is 3. The number of nitrogens with two attached hydrogens (primary N) is 1. The number of amides is 1. The van der Waals surface area contributed by atoms with E-state index < -0.39 is 5.91 Å². The molecule has 0 saturated carbocycles. The molecular weight excluding hydrogens is 142 g/mol. The van der Waals surface area contributed by atoms with Crippen LogP contribution in [0.1, 0.15) is 12.8 Å². The van der Waals surface area contributed by atoms with Gasteiger partial charge in [0.05, 0.1) is 0 Å². The Hall–Kier alpha value is -1.50. The van der Waals surface area contributed by atoms with Crippen molar-refractivity contribution in [2.45, 2.75) is 12.8 Å². The highest BCUT2D eigenvalue weighted by Crippen LogP contribution is 2.12. The fraction of sp³-hybridized carbons (Fsp3) is 0.429. The van der Waals surface area contributed by atoms with Crippen LogP contribution in [0.2, 0.25) is 0 Å². The Balaban J connectivity index is 2.90. The van der Waals surface area contributed by atoms with Gasteiger partial charge in [-0.1, -0.05) is 0 Å². The minimum absolute atomic E-state index is 0.0718. The maximum Gasteiger partial charge on any atom is 0.261 e. The number of carbonyl (C=O) groups excluding carboxylic acids is 1. The molecule has 0 radical (unpaired) electrons. The van der Waals surface area contributed by atoms with Gasteiger partial charge in [0.15, 0.2) is 0 Å². The summed E-state index contributed by atoms with van der Waals surface area (Å²) in [6, 6.07) is 1.79. The lowest BCUT2D eigenvalue weighted by atomic mass is 10.2. The zero-order chi connectivity index (χ0) is 8.27. The second kappa shape index (κ2) is 3.06. The van der Waals surface area contributed by atoms with E-state index in [-0.39, 0.29) is 5.57 Å². The molecule has 0 unspecified atom stereocenters. The molecule has 0 aliphatic carbocycles. The monoisotopic (exact) mass is 151 g/mol. The summed E-state index contributed by atoms with van der Waals surface area (Å²) in [6.07, 6.45) is 1.72. The van der Waals surface area contributed by atoms with E-state index in [1.807, 2.05) is 0 Å². The fourth-order valence-electron chi connectivity index (χ4n) is 1.08. The molecule has 58 valence electrons. The average Bonchev–Trinajstić information content (AvgIpc) is 2.40. The van der Waals surface area contributed by atoms with Gasteiger partial charge in [-0.25, -0.2) is 0 Å². The molecule has 11 heavy (non-hydrogen) atoms. The van der Waals surface area contributed by atoms with Crippen molar-refractivity contribution in [2.24, 2.45) is 5.73 Å². The number of hydrogen-bond donors (Lipinski definition) is 2. The van der Waals surface area contributed by atoms with Crippen molar-refractivity contribution >= 4 is 5.91 Å². The van der Waals surface area contributed by atoms with Gasteiger partial charge in [-0.3, -0.25) is 4.79 Å². The normalized spacial score (nSPS) is 20.3. The smallest absolute Gasteiger partial charge is 0.261 e. The number of rotatable bonds is 1. The highest BCUT2D eigenvalue weighted by atomic mass is 16.1. The molecule has 0 aromatic carbocycles. The number of primary amides is 1. The summed E-state index contributed by atoms with van der Waals surface area (Å²) >= 11 is 0. The van der Waals surface area contributed by atoms with Gasteiger partial charge < -0.3 is 11.1 Å². The van der Waals surface area contributed by atoms with Gasteiger partial charge in [0.1, 0.15) is 11.6 Å². The largest absolute Gasteiger partial charge is 0.387 e. The van der Waals surface area contributed by atoms with E-state index in [1.165, 1.54) is 0 Å². The van der Waals surface area contributed by atoms with Crippen LogP contribution < -0.4 is 11.1 Å². The lowest BCUT2D eigenvalue weighted by molar-refractivity contribution is -0.114. The molecule has 0 spiro atoms.